The molecule has 0 atom stereocenters. The standard InChI is InChI=1S/C7H6ClN5O2S2/c1-13-7(9-4(14)5(15)12-13)16-2-3-10-11-6(8)17-3/h2H2,1H3,(H,12,15). The van der Waals surface area contributed by atoms with Crippen LogP contribution in [0.4, 0.5) is 0 Å². The van der Waals surface area contributed by atoms with Crippen LogP contribution < -0.4 is 11.1 Å². The van der Waals surface area contributed by atoms with Gasteiger partial charge in [-0.1, -0.05) is 23.1 Å². The molecule has 0 saturated carbocycles. The molecule has 17 heavy (non-hydrogen) atoms. The van der Waals surface area contributed by atoms with Crippen LogP contribution in [0.15, 0.2) is 14.7 Å². The van der Waals surface area contributed by atoms with Gasteiger partial charge in [-0.3, -0.25) is 19.4 Å². The van der Waals surface area contributed by atoms with Gasteiger partial charge in [-0.2, -0.15) is 4.98 Å². The van der Waals surface area contributed by atoms with Gasteiger partial charge in [-0.25, -0.2) is 0 Å². The van der Waals surface area contributed by atoms with Crippen molar-refractivity contribution in [1.82, 2.24) is 25.0 Å². The molecule has 1 N–H and O–H groups in total. The van der Waals surface area contributed by atoms with Crippen LogP contribution in [0.25, 0.3) is 0 Å². The molecule has 0 fully saturated rings. The molecule has 2 aromatic rings. The van der Waals surface area contributed by atoms with Gasteiger partial charge in [0.25, 0.3) is 0 Å². The number of H-pyrrole nitrogens is 1. The van der Waals surface area contributed by atoms with Crippen molar-refractivity contribution in [2.24, 2.45) is 7.05 Å². The highest BCUT2D eigenvalue weighted by Crippen LogP contribution is 2.22. The van der Waals surface area contributed by atoms with Gasteiger partial charge >= 0.3 is 11.1 Å². The quantitative estimate of drug-likeness (QED) is 0.644. The molecule has 7 nitrogen and oxygen atoms in total. The van der Waals surface area contributed by atoms with E-state index in [-0.39, 0.29) is 0 Å². The zero-order valence-corrected chi connectivity index (χ0v) is 10.9. The Morgan fingerprint density at radius 1 is 1.47 bits per heavy atom. The van der Waals surface area contributed by atoms with Crippen molar-refractivity contribution in [2.75, 3.05) is 0 Å². The van der Waals surface area contributed by atoms with Gasteiger partial charge in [-0.15, -0.1) is 10.2 Å². The largest absolute Gasteiger partial charge is 0.339 e. The van der Waals surface area contributed by atoms with E-state index in [2.05, 4.69) is 20.3 Å². The van der Waals surface area contributed by atoms with Gasteiger partial charge in [0.2, 0.25) is 4.47 Å². The fourth-order valence-electron chi connectivity index (χ4n) is 1.01. The topological polar surface area (TPSA) is 93.5 Å². The molecule has 0 unspecified atom stereocenters. The second-order valence-corrected chi connectivity index (χ2v) is 5.52. The molecular weight excluding hydrogens is 286 g/mol. The van der Waals surface area contributed by atoms with Crippen LogP contribution in [0.1, 0.15) is 5.01 Å². The van der Waals surface area contributed by atoms with Gasteiger partial charge in [0.15, 0.2) is 5.16 Å². The van der Waals surface area contributed by atoms with Gasteiger partial charge in [0.1, 0.15) is 5.01 Å². The lowest BCUT2D eigenvalue weighted by Crippen LogP contribution is -2.33. The van der Waals surface area contributed by atoms with E-state index in [1.807, 2.05) is 0 Å². The summed E-state index contributed by atoms with van der Waals surface area (Å²) < 4.78 is 1.75. The van der Waals surface area contributed by atoms with Crippen molar-refractivity contribution in [3.63, 3.8) is 0 Å². The molecule has 2 aromatic heterocycles. The fourth-order valence-corrected chi connectivity index (χ4v) is 2.78. The molecule has 0 radical (unpaired) electrons. The van der Waals surface area contributed by atoms with E-state index >= 15 is 0 Å². The Bertz CT molecular complexity index is 648. The summed E-state index contributed by atoms with van der Waals surface area (Å²) in [6, 6.07) is 0. The third-order valence-electron chi connectivity index (χ3n) is 1.71. The first-order valence-corrected chi connectivity index (χ1v) is 6.52. The Morgan fingerprint density at radius 3 is 2.88 bits per heavy atom. The zero-order chi connectivity index (χ0) is 12.4. The number of nitrogens with one attached hydrogen (secondary N) is 1. The van der Waals surface area contributed by atoms with Crippen LogP contribution in [0.3, 0.4) is 0 Å². The summed E-state index contributed by atoms with van der Waals surface area (Å²) in [6.45, 7) is 0. The summed E-state index contributed by atoms with van der Waals surface area (Å²) in [7, 11) is 1.60. The predicted octanol–water partition coefficient (Wildman–Crippen LogP) is 0.266. The summed E-state index contributed by atoms with van der Waals surface area (Å²) in [6.07, 6.45) is 0. The minimum Gasteiger partial charge on any atom is -0.265 e. The number of aromatic amines is 1. The van der Waals surface area contributed by atoms with Crippen molar-refractivity contribution in [3.05, 3.63) is 30.2 Å². The summed E-state index contributed by atoms with van der Waals surface area (Å²) in [5, 5.41) is 11.0. The average Bonchev–Trinajstić information content (AvgIpc) is 2.68. The highest BCUT2D eigenvalue weighted by Gasteiger charge is 2.07. The fraction of sp³-hybridized carbons (Fsp3) is 0.286. The minimum absolute atomic E-state index is 0.365. The Hall–Kier alpha value is -1.19. The van der Waals surface area contributed by atoms with Gasteiger partial charge in [-0.05, 0) is 11.6 Å². The lowest BCUT2D eigenvalue weighted by atomic mass is 10.8. The third-order valence-corrected chi connectivity index (χ3v) is 3.96. The first-order chi connectivity index (χ1) is 8.06. The lowest BCUT2D eigenvalue weighted by molar-refractivity contribution is 0.596. The van der Waals surface area contributed by atoms with Crippen LogP contribution >= 0.6 is 34.7 Å². The zero-order valence-electron chi connectivity index (χ0n) is 8.51. The highest BCUT2D eigenvalue weighted by atomic mass is 35.5. The smallest absolute Gasteiger partial charge is 0.265 e. The molecule has 2 rings (SSSR count). The third kappa shape index (κ3) is 2.93. The molecule has 0 saturated heterocycles. The van der Waals surface area contributed by atoms with Crippen LogP contribution in [0.2, 0.25) is 4.47 Å². The molecule has 0 amide bonds. The first-order valence-electron chi connectivity index (χ1n) is 4.34. The Balaban J connectivity index is 2.17. The molecule has 0 aromatic carbocycles. The number of rotatable bonds is 3. The highest BCUT2D eigenvalue weighted by molar-refractivity contribution is 7.98. The number of hydrogen-bond donors (Lipinski definition) is 1. The van der Waals surface area contributed by atoms with Crippen molar-refractivity contribution < 1.29 is 0 Å². The monoisotopic (exact) mass is 291 g/mol. The Labute approximate surface area is 108 Å². The van der Waals surface area contributed by atoms with Gasteiger partial charge in [0.05, 0.1) is 5.75 Å². The van der Waals surface area contributed by atoms with Crippen LogP contribution in [-0.4, -0.2) is 25.0 Å². The predicted molar refractivity (Wildman–Crippen MR) is 64.6 cm³/mol. The molecule has 10 heteroatoms. The SMILES string of the molecule is Cn1[nH]c(=O)c(=O)nc1SCc1nnc(Cl)s1. The van der Waals surface area contributed by atoms with Crippen molar-refractivity contribution in [2.45, 2.75) is 10.9 Å². The van der Waals surface area contributed by atoms with Crippen molar-refractivity contribution >= 4 is 34.7 Å². The van der Waals surface area contributed by atoms with E-state index in [9.17, 15) is 9.59 Å². The summed E-state index contributed by atoms with van der Waals surface area (Å²) in [5.74, 6) is 0.483. The summed E-state index contributed by atoms with van der Waals surface area (Å²) in [4.78, 5) is 25.7. The maximum atomic E-state index is 11.1. The Morgan fingerprint density at radius 2 is 2.24 bits per heavy atom. The van der Waals surface area contributed by atoms with Gasteiger partial charge < -0.3 is 0 Å². The molecule has 0 aliphatic heterocycles. The summed E-state index contributed by atoms with van der Waals surface area (Å²) >= 11 is 8.16. The second kappa shape index (κ2) is 4.98. The maximum Gasteiger partial charge on any atom is 0.339 e. The number of nitrogens with zero attached hydrogens (tertiary/aromatic N) is 4. The number of halogens is 1. The van der Waals surface area contributed by atoms with E-state index in [4.69, 9.17) is 11.6 Å². The van der Waals surface area contributed by atoms with E-state index in [0.29, 0.717) is 15.4 Å². The molecule has 0 aliphatic carbocycles. The molecule has 0 bridgehead atoms. The van der Waals surface area contributed by atoms with Crippen LogP contribution in [-0.2, 0) is 12.8 Å². The number of aromatic nitrogens is 5. The van der Waals surface area contributed by atoms with E-state index < -0.39 is 11.1 Å². The number of thioether (sulfide) groups is 1. The lowest BCUT2D eigenvalue weighted by Gasteiger charge is -2.03. The molecule has 2 heterocycles. The van der Waals surface area contributed by atoms with Gasteiger partial charge in [0, 0.05) is 7.05 Å². The van der Waals surface area contributed by atoms with E-state index in [1.54, 1.807) is 7.05 Å². The first kappa shape index (κ1) is 12.3. The number of hydrogen-bond acceptors (Lipinski definition) is 7. The van der Waals surface area contributed by atoms with Crippen LogP contribution in [0, 0.1) is 0 Å². The van der Waals surface area contributed by atoms with E-state index in [0.717, 1.165) is 5.01 Å². The average molecular weight is 292 g/mol. The van der Waals surface area contributed by atoms with Crippen molar-refractivity contribution in [3.8, 4) is 0 Å². The molecule has 90 valence electrons. The number of aryl methyl sites for hydroxylation is 1. The minimum atomic E-state index is -0.805. The molecule has 0 spiro atoms. The summed E-state index contributed by atoms with van der Waals surface area (Å²) in [5.41, 5.74) is -1.54. The molecule has 0 aliphatic rings. The normalized spacial score (nSPS) is 10.7. The Kier molecular flexibility index (Phi) is 3.60. The maximum absolute atomic E-state index is 11.1. The van der Waals surface area contributed by atoms with Crippen molar-refractivity contribution in [1.29, 1.82) is 0 Å². The van der Waals surface area contributed by atoms with E-state index in [1.165, 1.54) is 27.8 Å². The second-order valence-electron chi connectivity index (χ2n) is 2.94. The van der Waals surface area contributed by atoms with Crippen LogP contribution in [0.5, 0.6) is 0 Å². The molecular formula is C7H6ClN5O2S2.